The molecule has 1 aliphatic rings. The minimum Gasteiger partial charge on any atom is -0.351 e. The number of nitrogens with one attached hydrogen (secondary N) is 1. The Kier molecular flexibility index (Phi) is 5.47. The van der Waals surface area contributed by atoms with E-state index >= 15 is 0 Å². The molecule has 1 N–H and O–H groups in total. The molecule has 0 saturated carbocycles. The maximum atomic E-state index is 12.5. The van der Waals surface area contributed by atoms with E-state index in [1.165, 1.54) is 4.31 Å². The highest BCUT2D eigenvalue weighted by Gasteiger charge is 2.25. The monoisotopic (exact) mass is 338 g/mol. The van der Waals surface area contributed by atoms with Gasteiger partial charge in [0.25, 0.3) is 5.91 Å². The number of nitrogens with zero attached hydrogens (tertiary/aromatic N) is 1. The van der Waals surface area contributed by atoms with E-state index in [1.807, 2.05) is 27.7 Å². The Morgan fingerprint density at radius 2 is 1.61 bits per heavy atom. The van der Waals surface area contributed by atoms with E-state index in [9.17, 15) is 13.2 Å². The molecule has 5 nitrogen and oxygen atoms in total. The summed E-state index contributed by atoms with van der Waals surface area (Å²) in [6.07, 6.45) is 1.85. The Morgan fingerprint density at radius 3 is 2.13 bits per heavy atom. The number of aryl methyl sites for hydroxylation is 2. The molecule has 0 unspecified atom stereocenters. The lowest BCUT2D eigenvalue weighted by Crippen LogP contribution is -2.36. The van der Waals surface area contributed by atoms with Crippen LogP contribution >= 0.6 is 0 Å². The van der Waals surface area contributed by atoms with Crippen molar-refractivity contribution in [3.63, 3.8) is 0 Å². The molecule has 1 fully saturated rings. The first-order valence-electron chi connectivity index (χ1n) is 8.07. The molecule has 1 aromatic rings. The molecular weight excluding hydrogens is 312 g/mol. The van der Waals surface area contributed by atoms with Gasteiger partial charge in [-0.2, -0.15) is 0 Å². The van der Waals surface area contributed by atoms with Crippen LogP contribution in [0.4, 0.5) is 0 Å². The first-order valence-corrected chi connectivity index (χ1v) is 9.68. The lowest BCUT2D eigenvalue weighted by molar-refractivity contribution is 0.0954. The zero-order chi connectivity index (χ0) is 17.2. The van der Waals surface area contributed by atoms with Crippen LogP contribution in [0.25, 0.3) is 0 Å². The fourth-order valence-corrected chi connectivity index (χ4v) is 4.47. The summed E-state index contributed by atoms with van der Waals surface area (Å²) in [5.41, 5.74) is 4.72. The van der Waals surface area contributed by atoms with Crippen LogP contribution in [0.3, 0.4) is 0 Å². The number of hydrogen-bond donors (Lipinski definition) is 1. The van der Waals surface area contributed by atoms with Gasteiger partial charge in [0.15, 0.2) is 0 Å². The molecule has 2 rings (SSSR count). The van der Waals surface area contributed by atoms with Gasteiger partial charge >= 0.3 is 0 Å². The first kappa shape index (κ1) is 17.9. The SMILES string of the molecule is Cc1cc(C)c(C)c(C(=O)NCCS(=O)(=O)N2CCCC2)c1C. The van der Waals surface area contributed by atoms with Gasteiger partial charge in [-0.25, -0.2) is 12.7 Å². The fraction of sp³-hybridized carbons (Fsp3) is 0.588. The Balaban J connectivity index is 2.03. The largest absolute Gasteiger partial charge is 0.351 e. The van der Waals surface area contributed by atoms with E-state index in [-0.39, 0.29) is 18.2 Å². The summed E-state index contributed by atoms with van der Waals surface area (Å²) >= 11 is 0. The van der Waals surface area contributed by atoms with Gasteiger partial charge < -0.3 is 5.32 Å². The third-order valence-electron chi connectivity index (χ3n) is 4.70. The van der Waals surface area contributed by atoms with Gasteiger partial charge in [0.05, 0.1) is 5.75 Å². The van der Waals surface area contributed by atoms with E-state index in [1.54, 1.807) is 0 Å². The summed E-state index contributed by atoms with van der Waals surface area (Å²) < 4.78 is 25.9. The van der Waals surface area contributed by atoms with Gasteiger partial charge in [0, 0.05) is 25.2 Å². The zero-order valence-corrected chi connectivity index (χ0v) is 15.2. The molecule has 128 valence electrons. The summed E-state index contributed by atoms with van der Waals surface area (Å²) in [5.74, 6) is -0.231. The van der Waals surface area contributed by atoms with Crippen LogP contribution in [-0.4, -0.2) is 44.0 Å². The zero-order valence-electron chi connectivity index (χ0n) is 14.4. The fourth-order valence-electron chi connectivity index (χ4n) is 3.03. The summed E-state index contributed by atoms with van der Waals surface area (Å²) in [6, 6.07) is 2.07. The second-order valence-electron chi connectivity index (χ2n) is 6.31. The van der Waals surface area contributed by atoms with Crippen molar-refractivity contribution in [3.8, 4) is 0 Å². The highest BCUT2D eigenvalue weighted by molar-refractivity contribution is 7.89. The van der Waals surface area contributed by atoms with Crippen molar-refractivity contribution in [3.05, 3.63) is 33.9 Å². The molecule has 0 spiro atoms. The first-order chi connectivity index (χ1) is 10.7. The van der Waals surface area contributed by atoms with Crippen LogP contribution in [0.2, 0.25) is 0 Å². The molecule has 6 heteroatoms. The topological polar surface area (TPSA) is 66.5 Å². The van der Waals surface area contributed by atoms with E-state index in [0.717, 1.165) is 35.1 Å². The predicted molar refractivity (Wildman–Crippen MR) is 92.3 cm³/mol. The Hall–Kier alpha value is -1.40. The van der Waals surface area contributed by atoms with Crippen LogP contribution in [0.15, 0.2) is 6.07 Å². The third kappa shape index (κ3) is 3.93. The minimum atomic E-state index is -3.26. The van der Waals surface area contributed by atoms with E-state index in [2.05, 4.69) is 11.4 Å². The quantitative estimate of drug-likeness (QED) is 0.894. The molecule has 0 atom stereocenters. The highest BCUT2D eigenvalue weighted by Crippen LogP contribution is 2.21. The molecule has 0 radical (unpaired) electrons. The van der Waals surface area contributed by atoms with Crippen LogP contribution in [0, 0.1) is 27.7 Å². The van der Waals surface area contributed by atoms with Gasteiger partial charge in [-0.05, 0) is 62.8 Å². The van der Waals surface area contributed by atoms with Gasteiger partial charge in [-0.3, -0.25) is 4.79 Å². The van der Waals surface area contributed by atoms with Gasteiger partial charge in [0.1, 0.15) is 0 Å². The van der Waals surface area contributed by atoms with Crippen molar-refractivity contribution in [1.29, 1.82) is 0 Å². The maximum Gasteiger partial charge on any atom is 0.251 e. The van der Waals surface area contributed by atoms with Crippen LogP contribution in [0.5, 0.6) is 0 Å². The molecule has 1 aromatic carbocycles. The molecule has 23 heavy (non-hydrogen) atoms. The smallest absolute Gasteiger partial charge is 0.251 e. The molecule has 1 heterocycles. The normalized spacial score (nSPS) is 15.8. The lowest BCUT2D eigenvalue weighted by atomic mass is 9.94. The van der Waals surface area contributed by atoms with Crippen molar-refractivity contribution in [2.24, 2.45) is 0 Å². The second kappa shape index (κ2) is 7.01. The maximum absolute atomic E-state index is 12.5. The van der Waals surface area contributed by atoms with E-state index in [4.69, 9.17) is 0 Å². The van der Waals surface area contributed by atoms with Crippen LogP contribution in [-0.2, 0) is 10.0 Å². The van der Waals surface area contributed by atoms with E-state index in [0.29, 0.717) is 18.7 Å². The number of amides is 1. The third-order valence-corrected chi connectivity index (χ3v) is 6.57. The molecule has 1 saturated heterocycles. The number of hydrogen-bond acceptors (Lipinski definition) is 3. The summed E-state index contributed by atoms with van der Waals surface area (Å²) in [6.45, 7) is 9.17. The Labute approximate surface area is 139 Å². The number of rotatable bonds is 5. The number of carbonyl (C=O) groups excluding carboxylic acids is 1. The second-order valence-corrected chi connectivity index (χ2v) is 8.40. The summed E-state index contributed by atoms with van der Waals surface area (Å²) in [5, 5.41) is 2.77. The molecular formula is C17H26N2O3S. The van der Waals surface area contributed by atoms with Crippen molar-refractivity contribution in [2.75, 3.05) is 25.4 Å². The summed E-state index contributed by atoms with van der Waals surface area (Å²) in [7, 11) is -3.26. The molecule has 1 amide bonds. The Morgan fingerprint density at radius 1 is 1.09 bits per heavy atom. The van der Waals surface area contributed by atoms with Crippen LogP contribution in [0.1, 0.15) is 45.5 Å². The van der Waals surface area contributed by atoms with Crippen molar-refractivity contribution in [1.82, 2.24) is 9.62 Å². The molecule has 0 bridgehead atoms. The van der Waals surface area contributed by atoms with Crippen molar-refractivity contribution in [2.45, 2.75) is 40.5 Å². The molecule has 0 aromatic heterocycles. The highest BCUT2D eigenvalue weighted by atomic mass is 32.2. The number of benzene rings is 1. The molecule has 0 aliphatic carbocycles. The standard InChI is InChI=1S/C17H26N2O3S/c1-12-11-13(2)15(4)16(14(12)3)17(20)18-7-10-23(21,22)19-8-5-6-9-19/h11H,5-10H2,1-4H3,(H,18,20). The van der Waals surface area contributed by atoms with Gasteiger partial charge in [-0.15, -0.1) is 0 Å². The predicted octanol–water partition coefficient (Wildman–Crippen LogP) is 2.08. The molecule has 1 aliphatic heterocycles. The van der Waals surface area contributed by atoms with E-state index < -0.39 is 10.0 Å². The average molecular weight is 338 g/mol. The number of sulfonamides is 1. The van der Waals surface area contributed by atoms with Gasteiger partial charge in [-0.1, -0.05) is 6.07 Å². The number of carbonyl (C=O) groups is 1. The van der Waals surface area contributed by atoms with Crippen molar-refractivity contribution >= 4 is 15.9 Å². The average Bonchev–Trinajstić information content (AvgIpc) is 3.00. The lowest BCUT2D eigenvalue weighted by Gasteiger charge is -2.17. The Bertz CT molecular complexity index is 679. The van der Waals surface area contributed by atoms with Crippen LogP contribution < -0.4 is 5.32 Å². The van der Waals surface area contributed by atoms with Crippen molar-refractivity contribution < 1.29 is 13.2 Å². The summed E-state index contributed by atoms with van der Waals surface area (Å²) in [4.78, 5) is 12.5. The van der Waals surface area contributed by atoms with Gasteiger partial charge in [0.2, 0.25) is 10.0 Å². The minimum absolute atomic E-state index is 0.0400.